The van der Waals surface area contributed by atoms with E-state index in [0.717, 1.165) is 0 Å². The summed E-state index contributed by atoms with van der Waals surface area (Å²) in [6, 6.07) is 7.91. The summed E-state index contributed by atoms with van der Waals surface area (Å²) in [4.78, 5) is 5.60. The SMILES string of the molecule is CCN(c1ccccc1F)c1nccc(CNC)c1F. The molecule has 0 saturated heterocycles. The highest BCUT2D eigenvalue weighted by Gasteiger charge is 2.18. The van der Waals surface area contributed by atoms with Gasteiger partial charge in [-0.25, -0.2) is 13.8 Å². The molecule has 5 heteroatoms. The van der Waals surface area contributed by atoms with Crippen molar-refractivity contribution in [1.82, 2.24) is 10.3 Å². The van der Waals surface area contributed by atoms with Gasteiger partial charge in [-0.1, -0.05) is 12.1 Å². The molecule has 3 nitrogen and oxygen atoms in total. The van der Waals surface area contributed by atoms with Crippen LogP contribution in [0.15, 0.2) is 36.5 Å². The number of benzene rings is 1. The van der Waals surface area contributed by atoms with Crippen LogP contribution in [-0.2, 0) is 6.54 Å². The number of hydrogen-bond donors (Lipinski definition) is 1. The monoisotopic (exact) mass is 277 g/mol. The molecule has 20 heavy (non-hydrogen) atoms. The van der Waals surface area contributed by atoms with Gasteiger partial charge in [0.2, 0.25) is 0 Å². The summed E-state index contributed by atoms with van der Waals surface area (Å²) in [5, 5.41) is 2.90. The van der Waals surface area contributed by atoms with Gasteiger partial charge < -0.3 is 10.2 Å². The third-order valence-corrected chi connectivity index (χ3v) is 3.03. The number of aromatic nitrogens is 1. The molecule has 2 rings (SSSR count). The number of anilines is 2. The Morgan fingerprint density at radius 1 is 1.20 bits per heavy atom. The molecule has 0 aliphatic carbocycles. The molecule has 0 bridgehead atoms. The van der Waals surface area contributed by atoms with Crippen LogP contribution in [0.4, 0.5) is 20.3 Å². The van der Waals surface area contributed by atoms with Gasteiger partial charge in [0, 0.05) is 24.8 Å². The Kier molecular flexibility index (Phi) is 4.63. The van der Waals surface area contributed by atoms with Crippen LogP contribution in [0.25, 0.3) is 0 Å². The number of hydrogen-bond acceptors (Lipinski definition) is 3. The number of rotatable bonds is 5. The van der Waals surface area contributed by atoms with Gasteiger partial charge >= 0.3 is 0 Å². The molecule has 0 aliphatic rings. The average molecular weight is 277 g/mol. The van der Waals surface area contributed by atoms with Crippen molar-refractivity contribution >= 4 is 11.5 Å². The number of para-hydroxylation sites is 1. The summed E-state index contributed by atoms with van der Waals surface area (Å²) in [5.41, 5.74) is 0.829. The minimum Gasteiger partial charge on any atom is -0.322 e. The van der Waals surface area contributed by atoms with Crippen LogP contribution >= 0.6 is 0 Å². The molecule has 1 aromatic carbocycles. The van der Waals surface area contributed by atoms with Crippen molar-refractivity contribution in [2.45, 2.75) is 13.5 Å². The smallest absolute Gasteiger partial charge is 0.170 e. The van der Waals surface area contributed by atoms with Gasteiger partial charge in [-0.2, -0.15) is 0 Å². The van der Waals surface area contributed by atoms with Crippen LogP contribution in [0, 0.1) is 11.6 Å². The summed E-state index contributed by atoms with van der Waals surface area (Å²) in [5.74, 6) is -0.674. The molecule has 2 aromatic rings. The summed E-state index contributed by atoms with van der Waals surface area (Å²) in [6.45, 7) is 2.66. The highest BCUT2D eigenvalue weighted by atomic mass is 19.1. The minimum absolute atomic E-state index is 0.144. The largest absolute Gasteiger partial charge is 0.322 e. The molecule has 106 valence electrons. The third kappa shape index (κ3) is 2.77. The lowest BCUT2D eigenvalue weighted by Crippen LogP contribution is -2.21. The second-order valence-electron chi connectivity index (χ2n) is 4.33. The molecule has 1 heterocycles. The van der Waals surface area contributed by atoms with E-state index in [1.54, 1.807) is 31.3 Å². The van der Waals surface area contributed by atoms with Crippen LogP contribution in [0.2, 0.25) is 0 Å². The van der Waals surface area contributed by atoms with Crippen LogP contribution in [0.5, 0.6) is 0 Å². The van der Waals surface area contributed by atoms with E-state index < -0.39 is 11.6 Å². The van der Waals surface area contributed by atoms with E-state index in [9.17, 15) is 8.78 Å². The molecule has 0 spiro atoms. The normalized spacial score (nSPS) is 10.6. The first-order valence-corrected chi connectivity index (χ1v) is 6.49. The fraction of sp³-hybridized carbons (Fsp3) is 0.267. The molecule has 1 aromatic heterocycles. The summed E-state index contributed by atoms with van der Waals surface area (Å²) in [6.07, 6.45) is 1.54. The van der Waals surface area contributed by atoms with Crippen molar-refractivity contribution in [1.29, 1.82) is 0 Å². The molecular formula is C15H17F2N3. The van der Waals surface area contributed by atoms with Gasteiger partial charge in [0.15, 0.2) is 11.6 Å². The van der Waals surface area contributed by atoms with Crippen LogP contribution in [-0.4, -0.2) is 18.6 Å². The first-order chi connectivity index (χ1) is 9.69. The Hall–Kier alpha value is -2.01. The fourth-order valence-electron chi connectivity index (χ4n) is 2.09. The molecule has 0 saturated carbocycles. The van der Waals surface area contributed by atoms with Gasteiger partial charge in [-0.05, 0) is 32.2 Å². The fourth-order valence-corrected chi connectivity index (χ4v) is 2.09. The van der Waals surface area contributed by atoms with Crippen LogP contribution in [0.3, 0.4) is 0 Å². The molecule has 0 radical (unpaired) electrons. The van der Waals surface area contributed by atoms with Crippen molar-refractivity contribution in [3.8, 4) is 0 Å². The third-order valence-electron chi connectivity index (χ3n) is 3.03. The van der Waals surface area contributed by atoms with E-state index in [1.165, 1.54) is 17.2 Å². The summed E-state index contributed by atoms with van der Waals surface area (Å²) < 4.78 is 28.3. The number of nitrogens with zero attached hydrogens (tertiary/aromatic N) is 2. The van der Waals surface area contributed by atoms with Crippen molar-refractivity contribution < 1.29 is 8.78 Å². The van der Waals surface area contributed by atoms with Gasteiger partial charge in [0.05, 0.1) is 5.69 Å². The standard InChI is InChI=1S/C15H17F2N3/c1-3-20(13-7-5-4-6-12(13)16)15-14(17)11(10-18-2)8-9-19-15/h4-9,18H,3,10H2,1-2H3. The van der Waals surface area contributed by atoms with Crippen molar-refractivity contribution in [2.24, 2.45) is 0 Å². The van der Waals surface area contributed by atoms with E-state index in [1.807, 2.05) is 6.92 Å². The van der Waals surface area contributed by atoms with E-state index >= 15 is 0 Å². The number of halogens is 2. The van der Waals surface area contributed by atoms with Gasteiger partial charge in [0.1, 0.15) is 5.82 Å². The zero-order valence-electron chi connectivity index (χ0n) is 11.5. The lowest BCUT2D eigenvalue weighted by molar-refractivity contribution is 0.589. The maximum absolute atomic E-state index is 14.4. The highest BCUT2D eigenvalue weighted by Crippen LogP contribution is 2.29. The van der Waals surface area contributed by atoms with E-state index in [-0.39, 0.29) is 5.82 Å². The molecule has 0 unspecified atom stereocenters. The van der Waals surface area contributed by atoms with Crippen LogP contribution < -0.4 is 10.2 Å². The predicted octanol–water partition coefficient (Wildman–Crippen LogP) is 3.24. The minimum atomic E-state index is -0.424. The predicted molar refractivity (Wildman–Crippen MR) is 76.0 cm³/mol. The topological polar surface area (TPSA) is 28.2 Å². The number of pyridine rings is 1. The van der Waals surface area contributed by atoms with E-state index in [2.05, 4.69) is 10.3 Å². The van der Waals surface area contributed by atoms with Crippen molar-refractivity contribution in [2.75, 3.05) is 18.5 Å². The second kappa shape index (κ2) is 6.43. The molecule has 0 amide bonds. The molecular weight excluding hydrogens is 260 g/mol. The van der Waals surface area contributed by atoms with Gasteiger partial charge in [0.25, 0.3) is 0 Å². The summed E-state index contributed by atoms with van der Waals surface area (Å²) in [7, 11) is 1.74. The second-order valence-corrected chi connectivity index (χ2v) is 4.33. The maximum Gasteiger partial charge on any atom is 0.170 e. The van der Waals surface area contributed by atoms with Crippen molar-refractivity contribution in [3.63, 3.8) is 0 Å². The Labute approximate surface area is 117 Å². The lowest BCUT2D eigenvalue weighted by atomic mass is 10.2. The van der Waals surface area contributed by atoms with E-state index in [4.69, 9.17) is 0 Å². The zero-order valence-corrected chi connectivity index (χ0v) is 11.5. The Balaban J connectivity index is 2.48. The highest BCUT2D eigenvalue weighted by molar-refractivity contribution is 5.61. The average Bonchev–Trinajstić information content (AvgIpc) is 2.45. The maximum atomic E-state index is 14.4. The summed E-state index contributed by atoms with van der Waals surface area (Å²) >= 11 is 0. The molecule has 0 aliphatic heterocycles. The Bertz CT molecular complexity index is 587. The molecule has 1 N–H and O–H groups in total. The first-order valence-electron chi connectivity index (χ1n) is 6.49. The van der Waals surface area contributed by atoms with Crippen molar-refractivity contribution in [3.05, 3.63) is 53.7 Å². The lowest BCUT2D eigenvalue weighted by Gasteiger charge is -2.23. The van der Waals surface area contributed by atoms with Crippen LogP contribution in [0.1, 0.15) is 12.5 Å². The van der Waals surface area contributed by atoms with Gasteiger partial charge in [-0.15, -0.1) is 0 Å². The Morgan fingerprint density at radius 3 is 2.60 bits per heavy atom. The van der Waals surface area contributed by atoms with Gasteiger partial charge in [-0.3, -0.25) is 0 Å². The zero-order chi connectivity index (χ0) is 14.5. The first kappa shape index (κ1) is 14.4. The van der Waals surface area contributed by atoms with E-state index in [0.29, 0.717) is 24.3 Å². The molecule has 0 atom stereocenters. The Morgan fingerprint density at radius 2 is 1.95 bits per heavy atom. The quantitative estimate of drug-likeness (QED) is 0.909. The number of nitrogens with one attached hydrogen (secondary N) is 1. The molecule has 0 fully saturated rings.